The Balaban J connectivity index is 1.32. The average Bonchev–Trinajstić information content (AvgIpc) is 2.92. The van der Waals surface area contributed by atoms with Gasteiger partial charge in [-0.25, -0.2) is 4.99 Å². The lowest BCUT2D eigenvalue weighted by atomic mass is 10.00. The van der Waals surface area contributed by atoms with Crippen LogP contribution in [0.2, 0.25) is 0 Å². The summed E-state index contributed by atoms with van der Waals surface area (Å²) in [5.74, 6) is 0.217. The van der Waals surface area contributed by atoms with Gasteiger partial charge in [0.15, 0.2) is 5.84 Å². The minimum absolute atomic E-state index is 0.217. The highest BCUT2D eigenvalue weighted by Gasteiger charge is 2.04. The second-order valence-corrected chi connectivity index (χ2v) is 8.06. The molecule has 0 aliphatic rings. The van der Waals surface area contributed by atoms with Crippen LogP contribution in [0, 0.1) is 16.7 Å². The lowest BCUT2D eigenvalue weighted by Crippen LogP contribution is -1.96. The van der Waals surface area contributed by atoms with Gasteiger partial charge in [-0.3, -0.25) is 5.41 Å². The molecule has 5 rings (SSSR count). The van der Waals surface area contributed by atoms with Crippen molar-refractivity contribution in [3.63, 3.8) is 0 Å². The molecular weight excluding hydrogens is 414 g/mol. The molecule has 3 heteroatoms. The van der Waals surface area contributed by atoms with Crippen molar-refractivity contribution >= 4 is 22.8 Å². The molecule has 3 nitrogen and oxygen atoms in total. The number of rotatable bonds is 4. The largest absolute Gasteiger partial charge is 0.282 e. The van der Waals surface area contributed by atoms with Crippen LogP contribution in [0.15, 0.2) is 120 Å². The molecule has 0 amide bonds. The van der Waals surface area contributed by atoms with Crippen molar-refractivity contribution in [1.29, 1.82) is 10.7 Å². The number of nitrogens with one attached hydrogen (secondary N) is 1. The van der Waals surface area contributed by atoms with Crippen LogP contribution in [0.1, 0.15) is 16.7 Å². The van der Waals surface area contributed by atoms with Crippen LogP contribution in [0.4, 0.5) is 0 Å². The van der Waals surface area contributed by atoms with E-state index in [4.69, 9.17) is 10.7 Å². The molecule has 0 fully saturated rings. The molecule has 0 saturated carbocycles. The quantitative estimate of drug-likeness (QED) is 0.231. The second kappa shape index (κ2) is 9.36. The van der Waals surface area contributed by atoms with Crippen LogP contribution in [-0.2, 0) is 0 Å². The molecule has 0 aromatic heterocycles. The second-order valence-electron chi connectivity index (χ2n) is 8.06. The Morgan fingerprint density at radius 1 is 0.647 bits per heavy atom. The first-order valence-corrected chi connectivity index (χ1v) is 11.0. The fourth-order valence-electron chi connectivity index (χ4n) is 3.94. The van der Waals surface area contributed by atoms with Crippen LogP contribution in [0.5, 0.6) is 0 Å². The predicted molar refractivity (Wildman–Crippen MR) is 140 cm³/mol. The number of hydrogen-bond acceptors (Lipinski definition) is 2. The van der Waals surface area contributed by atoms with Gasteiger partial charge < -0.3 is 0 Å². The van der Waals surface area contributed by atoms with Crippen molar-refractivity contribution in [2.75, 3.05) is 0 Å². The van der Waals surface area contributed by atoms with Crippen molar-refractivity contribution in [3.8, 4) is 28.3 Å². The Hall–Kier alpha value is -4.81. The van der Waals surface area contributed by atoms with E-state index in [2.05, 4.69) is 47.5 Å². The van der Waals surface area contributed by atoms with Gasteiger partial charge in [-0.15, -0.1) is 0 Å². The molecule has 1 N–H and O–H groups in total. The first-order valence-electron chi connectivity index (χ1n) is 11.0. The monoisotopic (exact) mass is 435 g/mol. The maximum atomic E-state index is 8.98. The summed E-state index contributed by atoms with van der Waals surface area (Å²) in [6, 6.07) is 40.4. The summed E-state index contributed by atoms with van der Waals surface area (Å²) in [4.78, 5) is 4.39. The summed E-state index contributed by atoms with van der Waals surface area (Å²) < 4.78 is 0. The summed E-state index contributed by atoms with van der Waals surface area (Å²) in [5.41, 5.74) is 6.67. The third kappa shape index (κ3) is 4.53. The third-order valence-electron chi connectivity index (χ3n) is 5.82. The highest BCUT2D eigenvalue weighted by molar-refractivity contribution is 6.03. The highest BCUT2D eigenvalue weighted by Crippen LogP contribution is 2.25. The number of amidine groups is 1. The van der Waals surface area contributed by atoms with Gasteiger partial charge in [-0.05, 0) is 62.9 Å². The van der Waals surface area contributed by atoms with Gasteiger partial charge in [0, 0.05) is 11.8 Å². The molecule has 5 aromatic rings. The standard InChI is InChI=1S/C31H21N3/c32-20-22-8-10-25(11-9-22)28-7-3-4-23(18-28)21-34-31(33)27-15-12-26(13-16-27)30-17-14-24-5-1-2-6-29(24)19-30/h1-19,21,33H. The fraction of sp³-hybridized carbons (Fsp3) is 0. The third-order valence-corrected chi connectivity index (χ3v) is 5.82. The average molecular weight is 436 g/mol. The van der Waals surface area contributed by atoms with Crippen LogP contribution in [0.25, 0.3) is 33.0 Å². The van der Waals surface area contributed by atoms with Crippen LogP contribution in [-0.4, -0.2) is 12.1 Å². The molecule has 0 radical (unpaired) electrons. The van der Waals surface area contributed by atoms with E-state index in [0.717, 1.165) is 33.4 Å². The molecule has 0 heterocycles. The fourth-order valence-corrected chi connectivity index (χ4v) is 3.94. The van der Waals surface area contributed by atoms with Gasteiger partial charge >= 0.3 is 0 Å². The van der Waals surface area contributed by atoms with E-state index in [1.165, 1.54) is 10.8 Å². The number of aliphatic imine (C=N–C) groups is 1. The lowest BCUT2D eigenvalue weighted by molar-refractivity contribution is 1.42. The highest BCUT2D eigenvalue weighted by atomic mass is 14.8. The van der Waals surface area contributed by atoms with E-state index in [1.807, 2.05) is 78.9 Å². The molecular formula is C31H21N3. The Labute approximate surface area is 198 Å². The van der Waals surface area contributed by atoms with Gasteiger partial charge in [-0.2, -0.15) is 5.26 Å². The van der Waals surface area contributed by atoms with Crippen LogP contribution in [0.3, 0.4) is 0 Å². The molecule has 0 aliphatic heterocycles. The summed E-state index contributed by atoms with van der Waals surface area (Å²) >= 11 is 0. The SMILES string of the molecule is N#Cc1ccc(-c2cccc(C=NC(=N)c3ccc(-c4ccc5ccccc5c4)cc3)c2)cc1. The maximum Gasteiger partial charge on any atom is 0.151 e. The molecule has 34 heavy (non-hydrogen) atoms. The van der Waals surface area contributed by atoms with Crippen molar-refractivity contribution in [2.45, 2.75) is 0 Å². The zero-order valence-corrected chi connectivity index (χ0v) is 18.4. The molecule has 160 valence electrons. The van der Waals surface area contributed by atoms with E-state index in [-0.39, 0.29) is 5.84 Å². The smallest absolute Gasteiger partial charge is 0.151 e. The molecule has 0 aliphatic carbocycles. The first kappa shape index (κ1) is 21.1. The minimum Gasteiger partial charge on any atom is -0.282 e. The molecule has 5 aromatic carbocycles. The Morgan fingerprint density at radius 2 is 1.29 bits per heavy atom. The zero-order valence-electron chi connectivity index (χ0n) is 18.4. The summed E-state index contributed by atoms with van der Waals surface area (Å²) in [5, 5.41) is 19.8. The zero-order chi connectivity index (χ0) is 23.3. The van der Waals surface area contributed by atoms with Gasteiger partial charge in [0.1, 0.15) is 0 Å². The van der Waals surface area contributed by atoms with E-state index in [0.29, 0.717) is 5.56 Å². The van der Waals surface area contributed by atoms with E-state index < -0.39 is 0 Å². The number of hydrogen-bond donors (Lipinski definition) is 1. The number of nitrogens with zero attached hydrogens (tertiary/aromatic N) is 2. The number of nitriles is 1. The van der Waals surface area contributed by atoms with Crippen molar-refractivity contribution in [3.05, 3.63) is 132 Å². The number of benzene rings is 5. The molecule has 0 spiro atoms. The minimum atomic E-state index is 0.217. The van der Waals surface area contributed by atoms with E-state index >= 15 is 0 Å². The topological polar surface area (TPSA) is 60.0 Å². The van der Waals surface area contributed by atoms with Crippen molar-refractivity contribution in [2.24, 2.45) is 4.99 Å². The summed E-state index contributed by atoms with van der Waals surface area (Å²) in [6.07, 6.45) is 1.72. The van der Waals surface area contributed by atoms with Crippen LogP contribution < -0.4 is 0 Å². The summed E-state index contributed by atoms with van der Waals surface area (Å²) in [6.45, 7) is 0. The first-order chi connectivity index (χ1) is 16.7. The van der Waals surface area contributed by atoms with Gasteiger partial charge in [0.25, 0.3) is 0 Å². The molecule has 0 saturated heterocycles. The molecule has 0 unspecified atom stereocenters. The van der Waals surface area contributed by atoms with Crippen LogP contribution >= 0.6 is 0 Å². The number of fused-ring (bicyclic) bond motifs is 1. The predicted octanol–water partition coefficient (Wildman–Crippen LogP) is 7.49. The lowest BCUT2D eigenvalue weighted by Gasteiger charge is -2.06. The van der Waals surface area contributed by atoms with Gasteiger partial charge in [0.05, 0.1) is 11.6 Å². The van der Waals surface area contributed by atoms with E-state index in [1.54, 1.807) is 6.21 Å². The van der Waals surface area contributed by atoms with Gasteiger partial charge in [-0.1, -0.05) is 91.0 Å². The molecule has 0 bridgehead atoms. The Bertz CT molecular complexity index is 1550. The Kier molecular flexibility index (Phi) is 5.80. The van der Waals surface area contributed by atoms with Crippen molar-refractivity contribution in [1.82, 2.24) is 0 Å². The normalized spacial score (nSPS) is 10.9. The summed E-state index contributed by atoms with van der Waals surface area (Å²) in [7, 11) is 0. The van der Waals surface area contributed by atoms with Gasteiger partial charge in [0.2, 0.25) is 0 Å². The Morgan fingerprint density at radius 3 is 2.03 bits per heavy atom. The molecule has 0 atom stereocenters. The van der Waals surface area contributed by atoms with E-state index in [9.17, 15) is 0 Å². The van der Waals surface area contributed by atoms with Crippen molar-refractivity contribution < 1.29 is 0 Å². The maximum absolute atomic E-state index is 8.98.